The minimum Gasteiger partial charge on any atom is -0.311 e. The fraction of sp³-hybridized carbons (Fsp3) is 0.882. The van der Waals surface area contributed by atoms with Crippen molar-refractivity contribution in [1.29, 1.82) is 0 Å². The van der Waals surface area contributed by atoms with Gasteiger partial charge in [0.15, 0.2) is 0 Å². The zero-order valence-corrected chi connectivity index (χ0v) is 13.9. The topological polar surface area (TPSA) is 15.3 Å². The van der Waals surface area contributed by atoms with E-state index in [-0.39, 0.29) is 0 Å². The number of nitrogens with one attached hydrogen (secondary N) is 1. The van der Waals surface area contributed by atoms with Crippen molar-refractivity contribution in [3.05, 3.63) is 11.6 Å². The minimum absolute atomic E-state index is 0.675. The fourth-order valence-corrected chi connectivity index (χ4v) is 2.96. The highest BCUT2D eigenvalue weighted by atomic mass is 15.2. The fourth-order valence-electron chi connectivity index (χ4n) is 2.96. The van der Waals surface area contributed by atoms with E-state index in [1.807, 2.05) is 0 Å². The second kappa shape index (κ2) is 8.06. The van der Waals surface area contributed by atoms with Gasteiger partial charge >= 0.3 is 0 Å². The van der Waals surface area contributed by atoms with Crippen LogP contribution in [-0.4, -0.2) is 36.6 Å². The van der Waals surface area contributed by atoms with Crippen molar-refractivity contribution in [3.8, 4) is 0 Å². The molecule has 0 aliphatic carbocycles. The summed E-state index contributed by atoms with van der Waals surface area (Å²) in [4.78, 5) is 2.69. The van der Waals surface area contributed by atoms with Crippen molar-refractivity contribution in [2.75, 3.05) is 19.6 Å². The Morgan fingerprint density at radius 1 is 1.16 bits per heavy atom. The Hall–Kier alpha value is -0.340. The summed E-state index contributed by atoms with van der Waals surface area (Å²) in [5, 5.41) is 3.76. The number of allylic oxidation sites excluding steroid dienone is 1. The molecule has 0 aromatic carbocycles. The van der Waals surface area contributed by atoms with E-state index in [0.717, 1.165) is 24.9 Å². The molecule has 1 rings (SSSR count). The molecule has 19 heavy (non-hydrogen) atoms. The molecule has 0 saturated carbocycles. The van der Waals surface area contributed by atoms with Crippen molar-refractivity contribution < 1.29 is 0 Å². The zero-order valence-electron chi connectivity index (χ0n) is 13.9. The van der Waals surface area contributed by atoms with Crippen LogP contribution in [0.3, 0.4) is 0 Å². The molecule has 2 atom stereocenters. The van der Waals surface area contributed by atoms with Crippen molar-refractivity contribution in [1.82, 2.24) is 10.2 Å². The van der Waals surface area contributed by atoms with E-state index in [1.165, 1.54) is 25.0 Å². The summed E-state index contributed by atoms with van der Waals surface area (Å²) in [6.07, 6.45) is 4.98. The Bertz CT molecular complexity index is 277. The highest BCUT2D eigenvalue weighted by Gasteiger charge is 2.27. The molecule has 1 fully saturated rings. The van der Waals surface area contributed by atoms with Gasteiger partial charge in [-0.25, -0.2) is 0 Å². The summed E-state index contributed by atoms with van der Waals surface area (Å²) in [6.45, 7) is 17.2. The predicted molar refractivity (Wildman–Crippen MR) is 85.5 cm³/mol. The molecular weight excluding hydrogens is 232 g/mol. The molecule has 0 amide bonds. The first kappa shape index (κ1) is 16.7. The summed E-state index contributed by atoms with van der Waals surface area (Å²) in [7, 11) is 0. The van der Waals surface area contributed by atoms with Gasteiger partial charge in [-0.1, -0.05) is 39.3 Å². The van der Waals surface area contributed by atoms with Gasteiger partial charge in [-0.15, -0.1) is 0 Å². The van der Waals surface area contributed by atoms with Crippen LogP contribution in [0, 0.1) is 11.8 Å². The van der Waals surface area contributed by atoms with Crippen LogP contribution in [0.1, 0.15) is 54.4 Å². The lowest BCUT2D eigenvalue weighted by Crippen LogP contribution is -2.57. The first-order valence-corrected chi connectivity index (χ1v) is 7.99. The van der Waals surface area contributed by atoms with Gasteiger partial charge in [0.1, 0.15) is 0 Å². The van der Waals surface area contributed by atoms with Crippen molar-refractivity contribution in [2.24, 2.45) is 11.8 Å². The number of nitrogens with zero attached hydrogens (tertiary/aromatic N) is 1. The summed E-state index contributed by atoms with van der Waals surface area (Å²) in [6, 6.07) is 1.38. The van der Waals surface area contributed by atoms with Crippen LogP contribution in [0.4, 0.5) is 0 Å². The van der Waals surface area contributed by atoms with E-state index in [4.69, 9.17) is 0 Å². The van der Waals surface area contributed by atoms with Crippen LogP contribution in [0.2, 0.25) is 0 Å². The number of rotatable bonds is 6. The maximum absolute atomic E-state index is 3.76. The molecule has 1 heterocycles. The van der Waals surface area contributed by atoms with Gasteiger partial charge in [0.05, 0.1) is 0 Å². The number of piperazine rings is 1. The van der Waals surface area contributed by atoms with E-state index >= 15 is 0 Å². The summed E-state index contributed by atoms with van der Waals surface area (Å²) < 4.78 is 0. The smallest absolute Gasteiger partial charge is 0.0227 e. The van der Waals surface area contributed by atoms with Crippen molar-refractivity contribution in [2.45, 2.75) is 66.5 Å². The molecule has 112 valence electrons. The average molecular weight is 266 g/mol. The van der Waals surface area contributed by atoms with E-state index in [0.29, 0.717) is 12.1 Å². The van der Waals surface area contributed by atoms with E-state index in [1.54, 1.807) is 0 Å². The van der Waals surface area contributed by atoms with Crippen LogP contribution in [0.25, 0.3) is 0 Å². The van der Waals surface area contributed by atoms with Gasteiger partial charge < -0.3 is 5.32 Å². The first-order chi connectivity index (χ1) is 8.88. The quantitative estimate of drug-likeness (QED) is 0.738. The van der Waals surface area contributed by atoms with E-state index in [9.17, 15) is 0 Å². The Labute approximate surface area is 120 Å². The highest BCUT2D eigenvalue weighted by Crippen LogP contribution is 2.18. The Morgan fingerprint density at radius 3 is 2.32 bits per heavy atom. The Kier molecular flexibility index (Phi) is 7.09. The Morgan fingerprint density at radius 2 is 1.79 bits per heavy atom. The monoisotopic (exact) mass is 266 g/mol. The average Bonchev–Trinajstić information content (AvgIpc) is 2.27. The van der Waals surface area contributed by atoms with Gasteiger partial charge in [0.25, 0.3) is 0 Å². The van der Waals surface area contributed by atoms with Crippen LogP contribution < -0.4 is 5.32 Å². The zero-order chi connectivity index (χ0) is 14.4. The largest absolute Gasteiger partial charge is 0.311 e. The maximum Gasteiger partial charge on any atom is 0.0227 e. The summed E-state index contributed by atoms with van der Waals surface area (Å²) >= 11 is 0. The second-order valence-corrected chi connectivity index (χ2v) is 7.25. The van der Waals surface area contributed by atoms with Crippen LogP contribution in [0.15, 0.2) is 11.6 Å². The van der Waals surface area contributed by atoms with Gasteiger partial charge in [0.2, 0.25) is 0 Å². The second-order valence-electron chi connectivity index (χ2n) is 7.25. The molecule has 1 N–H and O–H groups in total. The molecule has 2 heteroatoms. The van der Waals surface area contributed by atoms with Gasteiger partial charge in [-0.3, -0.25) is 4.90 Å². The molecule has 0 spiro atoms. The Balaban J connectivity index is 2.60. The summed E-state index contributed by atoms with van der Waals surface area (Å²) in [5.74, 6) is 1.56. The van der Waals surface area contributed by atoms with Crippen molar-refractivity contribution >= 4 is 0 Å². The third kappa shape index (κ3) is 6.58. The lowest BCUT2D eigenvalue weighted by molar-refractivity contribution is 0.119. The first-order valence-electron chi connectivity index (χ1n) is 7.99. The molecule has 2 unspecified atom stereocenters. The molecule has 0 radical (unpaired) electrons. The maximum atomic E-state index is 3.76. The van der Waals surface area contributed by atoms with Crippen LogP contribution in [-0.2, 0) is 0 Å². The lowest BCUT2D eigenvalue weighted by Gasteiger charge is -2.41. The molecule has 2 nitrogen and oxygen atoms in total. The molecule has 1 saturated heterocycles. The summed E-state index contributed by atoms with van der Waals surface area (Å²) in [5.41, 5.74) is 1.43. The van der Waals surface area contributed by atoms with Gasteiger partial charge in [-0.05, 0) is 38.5 Å². The molecule has 0 aromatic rings. The molecule has 0 bridgehead atoms. The third-order valence-electron chi connectivity index (χ3n) is 3.85. The van der Waals surface area contributed by atoms with Gasteiger partial charge in [-0.2, -0.15) is 0 Å². The molecule has 0 aromatic heterocycles. The SMILES string of the molecule is CC(C)=CCN1CC(CC(C)C)NCC1CC(C)C. The van der Waals surface area contributed by atoms with E-state index < -0.39 is 0 Å². The minimum atomic E-state index is 0.675. The third-order valence-corrected chi connectivity index (χ3v) is 3.85. The van der Waals surface area contributed by atoms with Crippen molar-refractivity contribution in [3.63, 3.8) is 0 Å². The normalized spacial score (nSPS) is 25.1. The molecule has 1 aliphatic heterocycles. The van der Waals surface area contributed by atoms with Gasteiger partial charge in [0, 0.05) is 31.7 Å². The molecule has 1 aliphatic rings. The standard InChI is InChI=1S/C17H34N2/c1-13(2)7-8-19-12-16(9-14(3)4)18-11-17(19)10-15(5)6/h7,14-18H,8-12H2,1-6H3. The highest BCUT2D eigenvalue weighted by molar-refractivity contribution is 4.98. The van der Waals surface area contributed by atoms with Crippen LogP contribution in [0.5, 0.6) is 0 Å². The predicted octanol–water partition coefficient (Wildman–Crippen LogP) is 3.69. The number of hydrogen-bond donors (Lipinski definition) is 1. The van der Waals surface area contributed by atoms with E-state index in [2.05, 4.69) is 57.8 Å². The number of hydrogen-bond acceptors (Lipinski definition) is 2. The molecular formula is C17H34N2. The van der Waals surface area contributed by atoms with Crippen LogP contribution >= 0.6 is 0 Å². The lowest BCUT2D eigenvalue weighted by atomic mass is 9.95.